The molecule has 1 aliphatic rings. The van der Waals surface area contributed by atoms with Crippen LogP contribution in [0.3, 0.4) is 0 Å². The van der Waals surface area contributed by atoms with Crippen molar-refractivity contribution in [1.82, 2.24) is 0 Å². The first-order valence-corrected chi connectivity index (χ1v) is 9.62. The summed E-state index contributed by atoms with van der Waals surface area (Å²) in [5.41, 5.74) is 1.90. The SMILES string of the molecule is COc1ccc(Br)cc1/C=C1\Oc2cc(OCc3cccc(F)c3)ccc2C1=O. The van der Waals surface area contributed by atoms with E-state index in [-0.39, 0.29) is 24.0 Å². The molecule has 0 saturated heterocycles. The largest absolute Gasteiger partial charge is 0.496 e. The van der Waals surface area contributed by atoms with Crippen molar-refractivity contribution in [3.63, 3.8) is 0 Å². The van der Waals surface area contributed by atoms with Crippen LogP contribution in [0, 0.1) is 5.82 Å². The van der Waals surface area contributed by atoms with E-state index in [2.05, 4.69) is 15.9 Å². The van der Waals surface area contributed by atoms with Gasteiger partial charge in [-0.25, -0.2) is 4.39 Å². The van der Waals surface area contributed by atoms with E-state index in [1.165, 1.54) is 12.1 Å². The van der Waals surface area contributed by atoms with Crippen molar-refractivity contribution in [2.24, 2.45) is 0 Å². The maximum atomic E-state index is 13.3. The number of carbonyl (C=O) groups excluding carboxylic acids is 1. The van der Waals surface area contributed by atoms with Crippen LogP contribution in [-0.2, 0) is 6.61 Å². The number of fused-ring (bicyclic) bond motifs is 1. The van der Waals surface area contributed by atoms with Gasteiger partial charge in [-0.15, -0.1) is 0 Å². The van der Waals surface area contributed by atoms with Crippen molar-refractivity contribution in [2.75, 3.05) is 7.11 Å². The van der Waals surface area contributed by atoms with Gasteiger partial charge >= 0.3 is 0 Å². The molecule has 0 radical (unpaired) electrons. The van der Waals surface area contributed by atoms with Crippen LogP contribution in [0.2, 0.25) is 0 Å². The number of Topliss-reactive ketones (excluding diaryl/α,β-unsaturated/α-hetero) is 1. The number of halogens is 2. The zero-order valence-electron chi connectivity index (χ0n) is 15.4. The fourth-order valence-electron chi connectivity index (χ4n) is 3.01. The van der Waals surface area contributed by atoms with Crippen molar-refractivity contribution >= 4 is 27.8 Å². The summed E-state index contributed by atoms with van der Waals surface area (Å²) in [5.74, 6) is 1.27. The molecule has 0 unspecified atom stereocenters. The molecule has 4 rings (SSSR count). The van der Waals surface area contributed by atoms with Gasteiger partial charge in [0.15, 0.2) is 5.76 Å². The molecule has 0 aromatic heterocycles. The molecule has 1 aliphatic heterocycles. The zero-order valence-corrected chi connectivity index (χ0v) is 17.0. The van der Waals surface area contributed by atoms with Crippen LogP contribution >= 0.6 is 15.9 Å². The third-order valence-electron chi connectivity index (χ3n) is 4.41. The first kappa shape index (κ1) is 19.2. The quantitative estimate of drug-likeness (QED) is 0.457. The molecule has 0 spiro atoms. The van der Waals surface area contributed by atoms with Crippen LogP contribution in [-0.4, -0.2) is 12.9 Å². The third-order valence-corrected chi connectivity index (χ3v) is 4.91. The van der Waals surface area contributed by atoms with E-state index in [0.29, 0.717) is 28.4 Å². The highest BCUT2D eigenvalue weighted by Gasteiger charge is 2.28. The van der Waals surface area contributed by atoms with Crippen molar-refractivity contribution in [1.29, 1.82) is 0 Å². The van der Waals surface area contributed by atoms with Gasteiger partial charge in [0.25, 0.3) is 0 Å². The summed E-state index contributed by atoms with van der Waals surface area (Å²) in [5, 5.41) is 0. The lowest BCUT2D eigenvalue weighted by Gasteiger charge is -2.07. The molecule has 0 fully saturated rings. The fourth-order valence-corrected chi connectivity index (χ4v) is 3.39. The normalized spacial score (nSPS) is 13.9. The average Bonchev–Trinajstić information content (AvgIpc) is 3.01. The van der Waals surface area contributed by atoms with Crippen LogP contribution in [0.15, 0.2) is 70.9 Å². The van der Waals surface area contributed by atoms with Gasteiger partial charge in [0.05, 0.1) is 12.7 Å². The first-order chi connectivity index (χ1) is 14.0. The molecule has 6 heteroatoms. The minimum atomic E-state index is -0.313. The van der Waals surface area contributed by atoms with Crippen LogP contribution in [0.25, 0.3) is 6.08 Å². The second-order valence-electron chi connectivity index (χ2n) is 6.40. The Hall–Kier alpha value is -3.12. The van der Waals surface area contributed by atoms with Gasteiger partial charge < -0.3 is 14.2 Å². The summed E-state index contributed by atoms with van der Waals surface area (Å²) in [6.45, 7) is 0.211. The molecular formula is C23H16BrFO4. The number of benzene rings is 3. The Morgan fingerprint density at radius 3 is 2.76 bits per heavy atom. The number of methoxy groups -OCH3 is 1. The Morgan fingerprint density at radius 1 is 1.10 bits per heavy atom. The molecule has 0 aliphatic carbocycles. The topological polar surface area (TPSA) is 44.8 Å². The van der Waals surface area contributed by atoms with Gasteiger partial charge in [0, 0.05) is 16.1 Å². The highest BCUT2D eigenvalue weighted by molar-refractivity contribution is 9.10. The molecule has 29 heavy (non-hydrogen) atoms. The lowest BCUT2D eigenvalue weighted by atomic mass is 10.1. The van der Waals surface area contributed by atoms with E-state index in [9.17, 15) is 9.18 Å². The standard InChI is InChI=1S/C23H16BrFO4/c1-27-20-8-5-16(24)10-15(20)11-22-23(26)19-7-6-18(12-21(19)29-22)28-13-14-3-2-4-17(25)9-14/h2-12H,13H2,1H3/b22-11-. The van der Waals surface area contributed by atoms with Gasteiger partial charge in [-0.3, -0.25) is 4.79 Å². The lowest BCUT2D eigenvalue weighted by Crippen LogP contribution is -1.99. The van der Waals surface area contributed by atoms with Crippen molar-refractivity contribution < 1.29 is 23.4 Å². The third kappa shape index (κ3) is 4.17. The van der Waals surface area contributed by atoms with Gasteiger partial charge in [0.2, 0.25) is 5.78 Å². The Balaban J connectivity index is 1.55. The Bertz CT molecular complexity index is 1120. The molecule has 0 atom stereocenters. The number of ether oxygens (including phenoxy) is 3. The van der Waals surface area contributed by atoms with Crippen molar-refractivity contribution in [3.8, 4) is 17.2 Å². The molecule has 0 N–H and O–H groups in total. The van der Waals surface area contributed by atoms with Crippen LogP contribution < -0.4 is 14.2 Å². The van der Waals surface area contributed by atoms with Crippen molar-refractivity contribution in [2.45, 2.75) is 6.61 Å². The maximum absolute atomic E-state index is 13.3. The number of rotatable bonds is 5. The van der Waals surface area contributed by atoms with E-state index < -0.39 is 0 Å². The minimum Gasteiger partial charge on any atom is -0.496 e. The fraction of sp³-hybridized carbons (Fsp3) is 0.0870. The molecular weight excluding hydrogens is 439 g/mol. The zero-order chi connectivity index (χ0) is 20.4. The summed E-state index contributed by atoms with van der Waals surface area (Å²) < 4.78 is 31.0. The van der Waals surface area contributed by atoms with E-state index in [0.717, 1.165) is 10.0 Å². The number of hydrogen-bond acceptors (Lipinski definition) is 4. The molecule has 0 amide bonds. The number of allylic oxidation sites excluding steroid dienone is 1. The number of carbonyl (C=O) groups is 1. The minimum absolute atomic E-state index is 0.207. The summed E-state index contributed by atoms with van der Waals surface area (Å²) in [6.07, 6.45) is 1.65. The lowest BCUT2D eigenvalue weighted by molar-refractivity contribution is 0.101. The second-order valence-corrected chi connectivity index (χ2v) is 7.32. The molecule has 3 aromatic carbocycles. The molecule has 0 bridgehead atoms. The summed E-state index contributed by atoms with van der Waals surface area (Å²) in [4.78, 5) is 12.7. The molecule has 0 saturated carbocycles. The van der Waals surface area contributed by atoms with Gasteiger partial charge in [0.1, 0.15) is 29.7 Å². The van der Waals surface area contributed by atoms with Crippen molar-refractivity contribution in [3.05, 3.63) is 93.4 Å². The van der Waals surface area contributed by atoms with E-state index >= 15 is 0 Å². The molecule has 146 valence electrons. The van der Waals surface area contributed by atoms with Crippen LogP contribution in [0.5, 0.6) is 17.2 Å². The Labute approximate surface area is 175 Å². The Morgan fingerprint density at radius 2 is 1.97 bits per heavy atom. The van der Waals surface area contributed by atoms with E-state index in [1.807, 2.05) is 12.1 Å². The highest BCUT2D eigenvalue weighted by Crippen LogP contribution is 2.36. The molecule has 1 heterocycles. The highest BCUT2D eigenvalue weighted by atomic mass is 79.9. The number of hydrogen-bond donors (Lipinski definition) is 0. The Kier molecular flexibility index (Phi) is 5.36. The number of ketones is 1. The maximum Gasteiger partial charge on any atom is 0.231 e. The predicted molar refractivity (Wildman–Crippen MR) is 111 cm³/mol. The smallest absolute Gasteiger partial charge is 0.231 e. The average molecular weight is 455 g/mol. The predicted octanol–water partition coefficient (Wildman–Crippen LogP) is 5.79. The van der Waals surface area contributed by atoms with Crippen LogP contribution in [0.1, 0.15) is 21.5 Å². The molecule has 3 aromatic rings. The summed E-state index contributed by atoms with van der Waals surface area (Å²) in [6, 6.07) is 16.7. The summed E-state index contributed by atoms with van der Waals surface area (Å²) >= 11 is 3.42. The van der Waals surface area contributed by atoms with E-state index in [4.69, 9.17) is 14.2 Å². The van der Waals surface area contributed by atoms with Gasteiger partial charge in [-0.1, -0.05) is 28.1 Å². The first-order valence-electron chi connectivity index (χ1n) is 8.82. The van der Waals surface area contributed by atoms with Gasteiger partial charge in [-0.2, -0.15) is 0 Å². The van der Waals surface area contributed by atoms with Gasteiger partial charge in [-0.05, 0) is 54.1 Å². The van der Waals surface area contributed by atoms with Crippen LogP contribution in [0.4, 0.5) is 4.39 Å². The monoisotopic (exact) mass is 454 g/mol. The second kappa shape index (κ2) is 8.09. The molecule has 4 nitrogen and oxygen atoms in total. The summed E-state index contributed by atoms with van der Waals surface area (Å²) in [7, 11) is 1.57. The van der Waals surface area contributed by atoms with E-state index in [1.54, 1.807) is 49.6 Å².